The maximum absolute atomic E-state index is 12.1. The number of esters is 1. The topological polar surface area (TPSA) is 110 Å². The summed E-state index contributed by atoms with van der Waals surface area (Å²) in [5.74, 6) is -3.48. The van der Waals surface area contributed by atoms with E-state index in [1.54, 1.807) is 41.5 Å². The van der Waals surface area contributed by atoms with Crippen molar-refractivity contribution >= 4 is 11.9 Å². The molecule has 0 radical (unpaired) electrons. The van der Waals surface area contributed by atoms with Crippen molar-refractivity contribution in [3.8, 4) is 0 Å². The number of carboxylic acid groups (broad SMARTS) is 1. The molecule has 0 aromatic carbocycles. The molecule has 19 heavy (non-hydrogen) atoms. The number of ether oxygens (including phenoxy) is 1. The van der Waals surface area contributed by atoms with Gasteiger partial charge in [-0.25, -0.2) is 0 Å². The molecule has 0 fully saturated rings. The van der Waals surface area contributed by atoms with Gasteiger partial charge >= 0.3 is 11.9 Å². The summed E-state index contributed by atoms with van der Waals surface area (Å²) in [6, 6.07) is 0. The Balaban J connectivity index is 5.54. The number of carboxylic acids is 1. The molecule has 0 bridgehead atoms. The van der Waals surface area contributed by atoms with Crippen LogP contribution in [0.15, 0.2) is 0 Å². The quantitative estimate of drug-likeness (QED) is 0.653. The molecule has 0 aliphatic heterocycles. The van der Waals surface area contributed by atoms with Crippen LogP contribution >= 0.6 is 0 Å². The van der Waals surface area contributed by atoms with Crippen LogP contribution in [0.4, 0.5) is 0 Å². The van der Waals surface area contributed by atoms with E-state index in [0.717, 1.165) is 0 Å². The SMILES string of the molecule is CC(C)(C)OC(=O)C(CO)[C@@](N)(C(=O)O)C(C)(C)C. The molecule has 2 atom stereocenters. The minimum Gasteiger partial charge on any atom is -0.480 e. The lowest BCUT2D eigenvalue weighted by atomic mass is 9.66. The average molecular weight is 275 g/mol. The summed E-state index contributed by atoms with van der Waals surface area (Å²) in [5, 5.41) is 18.8. The standard InChI is InChI=1S/C13H25NO5/c1-11(2,3)13(14,10(17)18)8(7-15)9(16)19-12(4,5)6/h8,15H,7,14H2,1-6H3,(H,17,18)/t8?,13-/m1/s1. The van der Waals surface area contributed by atoms with Gasteiger partial charge in [0.15, 0.2) is 0 Å². The lowest BCUT2D eigenvalue weighted by Gasteiger charge is -2.42. The predicted molar refractivity (Wildman–Crippen MR) is 70.4 cm³/mol. The second-order valence-corrected chi connectivity index (χ2v) is 6.69. The van der Waals surface area contributed by atoms with Crippen molar-refractivity contribution in [2.45, 2.75) is 52.7 Å². The van der Waals surface area contributed by atoms with Crippen LogP contribution < -0.4 is 5.73 Å². The maximum Gasteiger partial charge on any atom is 0.325 e. The Labute approximate surface area is 113 Å². The summed E-state index contributed by atoms with van der Waals surface area (Å²) >= 11 is 0. The van der Waals surface area contributed by atoms with Gasteiger partial charge in [-0.1, -0.05) is 20.8 Å². The first-order valence-electron chi connectivity index (χ1n) is 6.13. The third kappa shape index (κ3) is 3.91. The zero-order valence-electron chi connectivity index (χ0n) is 12.5. The second-order valence-electron chi connectivity index (χ2n) is 6.69. The van der Waals surface area contributed by atoms with E-state index in [2.05, 4.69) is 0 Å². The average Bonchev–Trinajstić information content (AvgIpc) is 2.13. The van der Waals surface area contributed by atoms with Crippen molar-refractivity contribution < 1.29 is 24.5 Å². The molecular formula is C13H25NO5. The molecule has 1 unspecified atom stereocenters. The molecule has 6 heteroatoms. The van der Waals surface area contributed by atoms with E-state index >= 15 is 0 Å². The van der Waals surface area contributed by atoms with Gasteiger partial charge in [0.05, 0.1) is 6.61 Å². The number of aliphatic hydroxyl groups is 1. The van der Waals surface area contributed by atoms with Crippen molar-refractivity contribution in [2.24, 2.45) is 17.1 Å². The Morgan fingerprint density at radius 1 is 1.16 bits per heavy atom. The minimum absolute atomic E-state index is 0.686. The molecule has 112 valence electrons. The Morgan fingerprint density at radius 2 is 1.58 bits per heavy atom. The molecule has 0 aromatic rings. The molecule has 4 N–H and O–H groups in total. The zero-order valence-corrected chi connectivity index (χ0v) is 12.5. The van der Waals surface area contributed by atoms with Crippen molar-refractivity contribution in [3.05, 3.63) is 0 Å². The number of carbonyl (C=O) groups excluding carboxylic acids is 1. The first-order chi connectivity index (χ1) is 8.27. The molecule has 0 rings (SSSR count). The van der Waals surface area contributed by atoms with Crippen LogP contribution in [0.25, 0.3) is 0 Å². The van der Waals surface area contributed by atoms with Gasteiger partial charge in [-0.2, -0.15) is 0 Å². The second kappa shape index (κ2) is 5.46. The van der Waals surface area contributed by atoms with E-state index in [0.29, 0.717) is 0 Å². The lowest BCUT2D eigenvalue weighted by molar-refractivity contribution is -0.174. The Kier molecular flexibility index (Phi) is 5.14. The largest absolute Gasteiger partial charge is 0.480 e. The third-order valence-corrected chi connectivity index (χ3v) is 3.02. The van der Waals surface area contributed by atoms with Crippen molar-refractivity contribution in [2.75, 3.05) is 6.61 Å². The van der Waals surface area contributed by atoms with Gasteiger partial charge in [0.1, 0.15) is 17.1 Å². The smallest absolute Gasteiger partial charge is 0.325 e. The summed E-state index contributed by atoms with van der Waals surface area (Å²) < 4.78 is 5.14. The van der Waals surface area contributed by atoms with Crippen LogP contribution in [0, 0.1) is 11.3 Å². The molecule has 0 aliphatic carbocycles. The monoisotopic (exact) mass is 275 g/mol. The normalized spacial score (nSPS) is 17.5. The molecule has 6 nitrogen and oxygen atoms in total. The summed E-state index contributed by atoms with van der Waals surface area (Å²) in [7, 11) is 0. The highest BCUT2D eigenvalue weighted by atomic mass is 16.6. The highest BCUT2D eigenvalue weighted by Gasteiger charge is 2.55. The fraction of sp³-hybridized carbons (Fsp3) is 0.846. The Hall–Kier alpha value is -1.14. The summed E-state index contributed by atoms with van der Waals surface area (Å²) in [6.45, 7) is 9.12. The van der Waals surface area contributed by atoms with Gasteiger partial charge < -0.3 is 20.7 Å². The van der Waals surface area contributed by atoms with E-state index in [4.69, 9.17) is 10.5 Å². The Morgan fingerprint density at radius 3 is 1.79 bits per heavy atom. The highest BCUT2D eigenvalue weighted by Crippen LogP contribution is 2.36. The number of aliphatic hydroxyl groups excluding tert-OH is 1. The number of hydrogen-bond acceptors (Lipinski definition) is 5. The number of hydrogen-bond donors (Lipinski definition) is 3. The molecule has 0 saturated carbocycles. The van der Waals surface area contributed by atoms with Crippen molar-refractivity contribution in [3.63, 3.8) is 0 Å². The van der Waals surface area contributed by atoms with Crippen LogP contribution in [0.3, 0.4) is 0 Å². The third-order valence-electron chi connectivity index (χ3n) is 3.02. The van der Waals surface area contributed by atoms with Gasteiger partial charge in [-0.3, -0.25) is 9.59 Å². The highest BCUT2D eigenvalue weighted by molar-refractivity contribution is 5.88. The van der Waals surface area contributed by atoms with Crippen LogP contribution in [-0.4, -0.2) is 39.9 Å². The minimum atomic E-state index is -1.91. The summed E-state index contributed by atoms with van der Waals surface area (Å²) in [6.07, 6.45) is 0. The first-order valence-corrected chi connectivity index (χ1v) is 6.13. The van der Waals surface area contributed by atoms with Gasteiger partial charge in [0.25, 0.3) is 0 Å². The molecule has 0 spiro atoms. The van der Waals surface area contributed by atoms with Crippen molar-refractivity contribution in [1.29, 1.82) is 0 Å². The van der Waals surface area contributed by atoms with E-state index in [1.807, 2.05) is 0 Å². The predicted octanol–water partition coefficient (Wildman–Crippen LogP) is 0.765. The summed E-state index contributed by atoms with van der Waals surface area (Å²) in [4.78, 5) is 23.6. The molecule has 0 heterocycles. The fourth-order valence-electron chi connectivity index (χ4n) is 1.77. The van der Waals surface area contributed by atoms with Crippen LogP contribution in [0.1, 0.15) is 41.5 Å². The van der Waals surface area contributed by atoms with Gasteiger partial charge in [0.2, 0.25) is 0 Å². The lowest BCUT2D eigenvalue weighted by Crippen LogP contribution is -2.66. The van der Waals surface area contributed by atoms with Gasteiger partial charge in [-0.05, 0) is 26.2 Å². The van der Waals surface area contributed by atoms with E-state index in [9.17, 15) is 19.8 Å². The van der Waals surface area contributed by atoms with Crippen LogP contribution in [0.2, 0.25) is 0 Å². The van der Waals surface area contributed by atoms with E-state index in [1.165, 1.54) is 0 Å². The summed E-state index contributed by atoms with van der Waals surface area (Å²) in [5.41, 5.74) is 2.32. The number of nitrogens with two attached hydrogens (primary N) is 1. The zero-order chi connectivity index (χ0) is 15.6. The molecule has 0 amide bonds. The van der Waals surface area contributed by atoms with E-state index in [-0.39, 0.29) is 0 Å². The first kappa shape index (κ1) is 17.9. The molecular weight excluding hydrogens is 250 g/mol. The Bertz CT molecular complexity index is 353. The maximum atomic E-state index is 12.1. The van der Waals surface area contributed by atoms with Gasteiger partial charge in [0, 0.05) is 0 Å². The van der Waals surface area contributed by atoms with Crippen LogP contribution in [-0.2, 0) is 14.3 Å². The number of aliphatic carboxylic acids is 1. The van der Waals surface area contributed by atoms with E-state index < -0.39 is 41.0 Å². The van der Waals surface area contributed by atoms with Crippen molar-refractivity contribution in [1.82, 2.24) is 0 Å². The molecule has 0 aliphatic rings. The number of carbonyl (C=O) groups is 2. The number of rotatable bonds is 4. The fourth-order valence-corrected chi connectivity index (χ4v) is 1.77. The molecule has 0 saturated heterocycles. The van der Waals surface area contributed by atoms with Gasteiger partial charge in [-0.15, -0.1) is 0 Å². The van der Waals surface area contributed by atoms with Crippen LogP contribution in [0.5, 0.6) is 0 Å². The molecule has 0 aromatic heterocycles.